The number of benzene rings is 1. The van der Waals surface area contributed by atoms with Gasteiger partial charge in [-0.3, -0.25) is 0 Å². The number of aliphatic hydroxyl groups excluding tert-OH is 1. The summed E-state index contributed by atoms with van der Waals surface area (Å²) in [7, 11) is 0. The Hall–Kier alpha value is -1.61. The highest BCUT2D eigenvalue weighted by molar-refractivity contribution is 5.57. The minimum atomic E-state index is 0.0438. The van der Waals surface area contributed by atoms with Crippen molar-refractivity contribution in [1.82, 2.24) is 9.55 Å². The summed E-state index contributed by atoms with van der Waals surface area (Å²) in [5.74, 6) is 1.00. The summed E-state index contributed by atoms with van der Waals surface area (Å²) < 4.78 is 2.27. The Morgan fingerprint density at radius 3 is 2.76 bits per heavy atom. The van der Waals surface area contributed by atoms with Gasteiger partial charge in [-0.15, -0.1) is 0 Å². The van der Waals surface area contributed by atoms with Gasteiger partial charge in [-0.05, 0) is 19.3 Å². The van der Waals surface area contributed by atoms with E-state index in [2.05, 4.69) is 21.7 Å². The molecule has 17 heavy (non-hydrogen) atoms. The molecule has 1 aliphatic heterocycles. The average molecular weight is 228 g/mol. The Labute approximate surface area is 101 Å². The quantitative estimate of drug-likeness (QED) is 0.857. The van der Waals surface area contributed by atoms with Crippen molar-refractivity contribution in [2.24, 2.45) is 0 Å². The molecule has 0 fully saturated rings. The lowest BCUT2D eigenvalue weighted by atomic mass is 10.1. The molecule has 0 unspecified atom stereocenters. The number of aromatic nitrogens is 2. The van der Waals surface area contributed by atoms with Crippen molar-refractivity contribution in [3.8, 4) is 11.4 Å². The predicted molar refractivity (Wildman–Crippen MR) is 66.5 cm³/mol. The maximum Gasteiger partial charge on any atom is 0.140 e. The van der Waals surface area contributed by atoms with Crippen LogP contribution in [0.5, 0.6) is 0 Å². The number of imidazole rings is 1. The Morgan fingerprint density at radius 1 is 1.18 bits per heavy atom. The summed E-state index contributed by atoms with van der Waals surface area (Å²) in [6, 6.07) is 10.2. The maximum atomic E-state index is 9.38. The zero-order chi connectivity index (χ0) is 11.7. The van der Waals surface area contributed by atoms with Gasteiger partial charge in [0.15, 0.2) is 0 Å². The summed E-state index contributed by atoms with van der Waals surface area (Å²) in [5, 5.41) is 9.38. The van der Waals surface area contributed by atoms with Crippen molar-refractivity contribution in [2.75, 3.05) is 0 Å². The third-order valence-corrected chi connectivity index (χ3v) is 3.38. The lowest BCUT2D eigenvalue weighted by Gasteiger charge is -2.17. The first-order valence-corrected chi connectivity index (χ1v) is 6.14. The number of aliphatic hydroxyl groups is 1. The van der Waals surface area contributed by atoms with E-state index in [0.717, 1.165) is 30.0 Å². The maximum absolute atomic E-state index is 9.38. The van der Waals surface area contributed by atoms with E-state index < -0.39 is 0 Å². The average Bonchev–Trinajstić information content (AvgIpc) is 2.78. The molecule has 0 saturated heterocycles. The molecule has 1 aromatic heterocycles. The molecular formula is C14H16N2O. The van der Waals surface area contributed by atoms with E-state index in [1.807, 2.05) is 18.2 Å². The number of fused-ring (bicyclic) bond motifs is 1. The molecule has 0 spiro atoms. The summed E-state index contributed by atoms with van der Waals surface area (Å²) in [4.78, 5) is 4.59. The summed E-state index contributed by atoms with van der Waals surface area (Å²) in [5.41, 5.74) is 3.21. The monoisotopic (exact) mass is 228 g/mol. The number of nitrogens with zero attached hydrogens (tertiary/aromatic N) is 2. The van der Waals surface area contributed by atoms with Gasteiger partial charge < -0.3 is 9.67 Å². The van der Waals surface area contributed by atoms with Crippen LogP contribution in [0.25, 0.3) is 11.4 Å². The smallest absolute Gasteiger partial charge is 0.140 e. The van der Waals surface area contributed by atoms with E-state index >= 15 is 0 Å². The zero-order valence-electron chi connectivity index (χ0n) is 9.76. The molecule has 0 radical (unpaired) electrons. The number of hydrogen-bond donors (Lipinski definition) is 1. The normalized spacial score (nSPS) is 14.6. The molecule has 2 heterocycles. The van der Waals surface area contributed by atoms with Crippen LogP contribution in [0.1, 0.15) is 24.2 Å². The molecule has 0 saturated carbocycles. The molecule has 88 valence electrons. The second-order valence-electron chi connectivity index (χ2n) is 4.46. The van der Waals surface area contributed by atoms with E-state index in [0.29, 0.717) is 0 Å². The van der Waals surface area contributed by atoms with Gasteiger partial charge in [0.05, 0.1) is 12.3 Å². The Bertz CT molecular complexity index is 517. The van der Waals surface area contributed by atoms with Crippen molar-refractivity contribution >= 4 is 0 Å². The Balaban J connectivity index is 2.14. The second kappa shape index (κ2) is 4.34. The van der Waals surface area contributed by atoms with Gasteiger partial charge in [-0.25, -0.2) is 4.98 Å². The van der Waals surface area contributed by atoms with Crippen LogP contribution in [0.15, 0.2) is 30.3 Å². The fraction of sp³-hybridized carbons (Fsp3) is 0.357. The fourth-order valence-corrected chi connectivity index (χ4v) is 2.55. The topological polar surface area (TPSA) is 38.1 Å². The largest absolute Gasteiger partial charge is 0.390 e. The van der Waals surface area contributed by atoms with Gasteiger partial charge in [-0.1, -0.05) is 30.3 Å². The zero-order valence-corrected chi connectivity index (χ0v) is 9.76. The fourth-order valence-electron chi connectivity index (χ4n) is 2.55. The minimum Gasteiger partial charge on any atom is -0.390 e. The molecule has 0 aliphatic carbocycles. The van der Waals surface area contributed by atoms with Crippen LogP contribution in [0.3, 0.4) is 0 Å². The summed E-state index contributed by atoms with van der Waals surface area (Å²) in [6.45, 7) is 1.06. The molecule has 3 heteroatoms. The van der Waals surface area contributed by atoms with Crippen molar-refractivity contribution in [1.29, 1.82) is 0 Å². The minimum absolute atomic E-state index is 0.0438. The molecule has 1 aromatic carbocycles. The highest BCUT2D eigenvalue weighted by atomic mass is 16.3. The highest BCUT2D eigenvalue weighted by Gasteiger charge is 2.19. The van der Waals surface area contributed by atoms with E-state index in [1.54, 1.807) is 0 Å². The second-order valence-corrected chi connectivity index (χ2v) is 4.46. The van der Waals surface area contributed by atoms with E-state index in [4.69, 9.17) is 0 Å². The Morgan fingerprint density at radius 2 is 2.00 bits per heavy atom. The number of rotatable bonds is 2. The van der Waals surface area contributed by atoms with Crippen LogP contribution in [0.4, 0.5) is 0 Å². The van der Waals surface area contributed by atoms with Crippen molar-refractivity contribution in [3.05, 3.63) is 41.7 Å². The summed E-state index contributed by atoms with van der Waals surface area (Å²) in [6.07, 6.45) is 3.44. The van der Waals surface area contributed by atoms with Gasteiger partial charge in [0, 0.05) is 17.8 Å². The van der Waals surface area contributed by atoms with Crippen molar-refractivity contribution in [2.45, 2.75) is 32.4 Å². The molecular weight excluding hydrogens is 212 g/mol. The van der Waals surface area contributed by atoms with Crippen molar-refractivity contribution < 1.29 is 5.11 Å². The third-order valence-electron chi connectivity index (χ3n) is 3.38. The van der Waals surface area contributed by atoms with Gasteiger partial charge in [0.25, 0.3) is 0 Å². The lowest BCUT2D eigenvalue weighted by Crippen LogP contribution is -2.11. The molecule has 0 amide bonds. The highest BCUT2D eigenvalue weighted by Crippen LogP contribution is 2.27. The van der Waals surface area contributed by atoms with Gasteiger partial charge in [-0.2, -0.15) is 0 Å². The van der Waals surface area contributed by atoms with Crippen LogP contribution in [0.2, 0.25) is 0 Å². The van der Waals surface area contributed by atoms with Gasteiger partial charge in [0.1, 0.15) is 5.82 Å². The molecule has 0 bridgehead atoms. The van der Waals surface area contributed by atoms with Crippen LogP contribution in [0, 0.1) is 0 Å². The molecule has 2 aromatic rings. The first-order valence-electron chi connectivity index (χ1n) is 6.14. The first kappa shape index (κ1) is 10.5. The SMILES string of the molecule is OCc1nc(-c2ccccc2)n2c1CCCC2. The summed E-state index contributed by atoms with van der Waals surface area (Å²) >= 11 is 0. The van der Waals surface area contributed by atoms with Crippen molar-refractivity contribution in [3.63, 3.8) is 0 Å². The Kier molecular flexibility index (Phi) is 2.69. The van der Waals surface area contributed by atoms with Crippen LogP contribution >= 0.6 is 0 Å². The molecule has 3 rings (SSSR count). The van der Waals surface area contributed by atoms with E-state index in [-0.39, 0.29) is 6.61 Å². The van der Waals surface area contributed by atoms with Gasteiger partial charge in [0.2, 0.25) is 0 Å². The standard InChI is InChI=1S/C14H16N2O/c17-10-12-13-8-4-5-9-16(13)14(15-12)11-6-2-1-3-7-11/h1-3,6-7,17H,4-5,8-10H2. The number of hydrogen-bond acceptors (Lipinski definition) is 2. The van der Waals surface area contributed by atoms with E-state index in [9.17, 15) is 5.11 Å². The molecule has 1 aliphatic rings. The third kappa shape index (κ3) is 1.76. The van der Waals surface area contributed by atoms with Crippen LogP contribution < -0.4 is 0 Å². The predicted octanol–water partition coefficient (Wildman–Crippen LogP) is 2.38. The molecule has 0 atom stereocenters. The van der Waals surface area contributed by atoms with Gasteiger partial charge >= 0.3 is 0 Å². The lowest BCUT2D eigenvalue weighted by molar-refractivity contribution is 0.275. The van der Waals surface area contributed by atoms with E-state index in [1.165, 1.54) is 18.5 Å². The van der Waals surface area contributed by atoms with Crippen LogP contribution in [-0.2, 0) is 19.6 Å². The molecule has 3 nitrogen and oxygen atoms in total. The van der Waals surface area contributed by atoms with Crippen LogP contribution in [-0.4, -0.2) is 14.7 Å². The molecule has 1 N–H and O–H groups in total. The first-order chi connectivity index (χ1) is 8.40.